The zero-order valence-electron chi connectivity index (χ0n) is 9.93. The molecule has 1 rings (SSSR count). The molecule has 1 aromatic heterocycles. The van der Waals surface area contributed by atoms with E-state index in [1.165, 1.54) is 7.11 Å². The smallest absolute Gasteiger partial charge is 0.322 e. The molecule has 0 fully saturated rings. The van der Waals surface area contributed by atoms with Gasteiger partial charge >= 0.3 is 5.97 Å². The lowest BCUT2D eigenvalue weighted by Crippen LogP contribution is -2.36. The maximum absolute atomic E-state index is 11.3. The second kappa shape index (κ2) is 6.61. The summed E-state index contributed by atoms with van der Waals surface area (Å²) >= 11 is 0. The molecule has 1 heterocycles. The highest BCUT2D eigenvalue weighted by Gasteiger charge is 2.15. The Morgan fingerprint density at radius 2 is 2.47 bits per heavy atom. The summed E-state index contributed by atoms with van der Waals surface area (Å²) in [7, 11) is 1.37. The summed E-state index contributed by atoms with van der Waals surface area (Å²) in [4.78, 5) is 15.2. The molecule has 0 radical (unpaired) electrons. The van der Waals surface area contributed by atoms with Crippen molar-refractivity contribution in [3.63, 3.8) is 0 Å². The van der Waals surface area contributed by atoms with Gasteiger partial charge in [-0.15, -0.1) is 0 Å². The van der Waals surface area contributed by atoms with Crippen molar-refractivity contribution in [2.75, 3.05) is 7.11 Å². The average Bonchev–Trinajstić information content (AvgIpc) is 2.39. The highest BCUT2D eigenvalue weighted by Crippen LogP contribution is 2.02. The van der Waals surface area contributed by atoms with E-state index in [9.17, 15) is 4.79 Å². The second-order valence-electron chi connectivity index (χ2n) is 3.53. The molecular weight excluding hydrogens is 218 g/mol. The molecule has 0 aromatic carbocycles. The van der Waals surface area contributed by atoms with E-state index in [1.807, 2.05) is 13.0 Å². The van der Waals surface area contributed by atoms with Crippen molar-refractivity contribution < 1.29 is 9.53 Å². The Balaban J connectivity index is 2.60. The molecule has 0 aliphatic heterocycles. The summed E-state index contributed by atoms with van der Waals surface area (Å²) in [6.07, 6.45) is 2.23. The van der Waals surface area contributed by atoms with Crippen molar-refractivity contribution >= 4 is 5.97 Å². The number of carbonyl (C=O) groups excluding carboxylic acids is 1. The fourth-order valence-electron chi connectivity index (χ4n) is 1.42. The van der Waals surface area contributed by atoms with E-state index in [-0.39, 0.29) is 12.0 Å². The highest BCUT2D eigenvalue weighted by atomic mass is 16.5. The summed E-state index contributed by atoms with van der Waals surface area (Å²) in [5.74, 6) is -0.276. The van der Waals surface area contributed by atoms with Crippen molar-refractivity contribution in [1.82, 2.24) is 10.3 Å². The molecule has 0 aliphatic carbocycles. The van der Waals surface area contributed by atoms with E-state index in [0.29, 0.717) is 18.7 Å². The van der Waals surface area contributed by atoms with Gasteiger partial charge in [0.25, 0.3) is 0 Å². The fourth-order valence-corrected chi connectivity index (χ4v) is 1.42. The largest absolute Gasteiger partial charge is 0.468 e. The van der Waals surface area contributed by atoms with Gasteiger partial charge in [-0.25, -0.2) is 4.98 Å². The van der Waals surface area contributed by atoms with E-state index >= 15 is 0 Å². The summed E-state index contributed by atoms with van der Waals surface area (Å²) in [6.45, 7) is 2.41. The Bertz CT molecular complexity index is 426. The normalized spacial score (nSPS) is 11.6. The lowest BCUT2D eigenvalue weighted by atomic mass is 10.2. The van der Waals surface area contributed by atoms with Crippen LogP contribution in [-0.2, 0) is 16.1 Å². The number of pyridine rings is 1. The van der Waals surface area contributed by atoms with Crippen LogP contribution in [0.2, 0.25) is 0 Å². The number of rotatable bonds is 5. The Morgan fingerprint density at radius 3 is 3.06 bits per heavy atom. The number of carbonyl (C=O) groups is 1. The zero-order valence-corrected chi connectivity index (χ0v) is 9.93. The first kappa shape index (κ1) is 13.1. The third-order valence-electron chi connectivity index (χ3n) is 2.39. The van der Waals surface area contributed by atoms with Crippen LogP contribution in [0.5, 0.6) is 0 Å². The lowest BCUT2D eigenvalue weighted by Gasteiger charge is -2.14. The number of methoxy groups -OCH3 is 1. The molecule has 0 saturated heterocycles. The minimum absolute atomic E-state index is 0.276. The van der Waals surface area contributed by atoms with Gasteiger partial charge in [-0.3, -0.25) is 4.79 Å². The van der Waals surface area contributed by atoms with Gasteiger partial charge in [0.1, 0.15) is 17.8 Å². The molecule has 1 atom stereocenters. The van der Waals surface area contributed by atoms with Crippen LogP contribution in [0.25, 0.3) is 0 Å². The van der Waals surface area contributed by atoms with Crippen LogP contribution in [0.3, 0.4) is 0 Å². The molecule has 1 unspecified atom stereocenters. The first-order valence-electron chi connectivity index (χ1n) is 5.37. The second-order valence-corrected chi connectivity index (χ2v) is 3.53. The molecule has 17 heavy (non-hydrogen) atoms. The van der Waals surface area contributed by atoms with E-state index in [1.54, 1.807) is 18.3 Å². The van der Waals surface area contributed by atoms with Crippen LogP contribution in [0, 0.1) is 11.3 Å². The molecule has 0 spiro atoms. The Morgan fingerprint density at radius 1 is 1.71 bits per heavy atom. The summed E-state index contributed by atoms with van der Waals surface area (Å²) in [5, 5.41) is 11.8. The maximum Gasteiger partial charge on any atom is 0.322 e. The van der Waals surface area contributed by atoms with Crippen LogP contribution in [0.15, 0.2) is 18.3 Å². The molecule has 1 N–H and O–H groups in total. The van der Waals surface area contributed by atoms with Gasteiger partial charge in [0.2, 0.25) is 0 Å². The van der Waals surface area contributed by atoms with Crippen LogP contribution >= 0.6 is 0 Å². The Hall–Kier alpha value is -1.93. The minimum Gasteiger partial charge on any atom is -0.468 e. The summed E-state index contributed by atoms with van der Waals surface area (Å²) in [5.41, 5.74) is 1.29. The number of nitrogens with one attached hydrogen (secondary N) is 1. The van der Waals surface area contributed by atoms with Gasteiger partial charge in [-0.2, -0.15) is 5.26 Å². The first-order chi connectivity index (χ1) is 8.21. The summed E-state index contributed by atoms with van der Waals surface area (Å²) < 4.78 is 4.67. The molecule has 0 bridgehead atoms. The molecule has 0 amide bonds. The number of ether oxygens (including phenoxy) is 1. The van der Waals surface area contributed by atoms with Crippen molar-refractivity contribution in [3.05, 3.63) is 29.6 Å². The predicted molar refractivity (Wildman–Crippen MR) is 61.9 cm³/mol. The van der Waals surface area contributed by atoms with Gasteiger partial charge < -0.3 is 10.1 Å². The number of aromatic nitrogens is 1. The van der Waals surface area contributed by atoms with E-state index in [0.717, 1.165) is 5.56 Å². The first-order valence-corrected chi connectivity index (χ1v) is 5.37. The maximum atomic E-state index is 11.3. The van der Waals surface area contributed by atoms with Crippen LogP contribution in [-0.4, -0.2) is 24.1 Å². The van der Waals surface area contributed by atoms with Gasteiger partial charge in [-0.05, 0) is 24.1 Å². The summed E-state index contributed by atoms with van der Waals surface area (Å²) in [6, 6.07) is 5.15. The SMILES string of the molecule is CCC(NCc1ccnc(C#N)c1)C(=O)OC. The monoisotopic (exact) mass is 233 g/mol. The standard InChI is InChI=1S/C12H15N3O2/c1-3-11(12(16)17-2)15-8-9-4-5-14-10(6-9)7-13/h4-6,11,15H,3,8H2,1-2H3. The number of nitriles is 1. The van der Waals surface area contributed by atoms with Crippen molar-refractivity contribution in [3.8, 4) is 6.07 Å². The van der Waals surface area contributed by atoms with Crippen LogP contribution < -0.4 is 5.32 Å². The van der Waals surface area contributed by atoms with Gasteiger partial charge in [0.15, 0.2) is 0 Å². The minimum atomic E-state index is -0.321. The van der Waals surface area contributed by atoms with Gasteiger partial charge in [0.05, 0.1) is 7.11 Å². The molecule has 1 aromatic rings. The average molecular weight is 233 g/mol. The molecule has 0 saturated carbocycles. The Kier molecular flexibility index (Phi) is 5.11. The zero-order chi connectivity index (χ0) is 12.7. The molecule has 5 heteroatoms. The van der Waals surface area contributed by atoms with E-state index < -0.39 is 0 Å². The number of hydrogen-bond acceptors (Lipinski definition) is 5. The van der Waals surface area contributed by atoms with Crippen molar-refractivity contribution in [2.24, 2.45) is 0 Å². The lowest BCUT2D eigenvalue weighted by molar-refractivity contribution is -0.143. The number of nitrogens with zero attached hydrogens (tertiary/aromatic N) is 2. The van der Waals surface area contributed by atoms with Crippen molar-refractivity contribution in [2.45, 2.75) is 25.9 Å². The topological polar surface area (TPSA) is 75.0 Å². The van der Waals surface area contributed by atoms with E-state index in [2.05, 4.69) is 15.0 Å². The van der Waals surface area contributed by atoms with Crippen LogP contribution in [0.1, 0.15) is 24.6 Å². The third kappa shape index (κ3) is 3.85. The van der Waals surface area contributed by atoms with Crippen molar-refractivity contribution in [1.29, 1.82) is 5.26 Å². The van der Waals surface area contributed by atoms with Gasteiger partial charge in [0, 0.05) is 12.7 Å². The third-order valence-corrected chi connectivity index (χ3v) is 2.39. The van der Waals surface area contributed by atoms with Gasteiger partial charge in [-0.1, -0.05) is 6.92 Å². The molecule has 5 nitrogen and oxygen atoms in total. The van der Waals surface area contributed by atoms with E-state index in [4.69, 9.17) is 5.26 Å². The van der Waals surface area contributed by atoms with Crippen LogP contribution in [0.4, 0.5) is 0 Å². The molecule has 0 aliphatic rings. The molecular formula is C12H15N3O2. The predicted octanol–water partition coefficient (Wildman–Crippen LogP) is 0.994. The molecule has 90 valence electrons. The Labute approximate surface area is 100 Å². The fraction of sp³-hybridized carbons (Fsp3) is 0.417. The quantitative estimate of drug-likeness (QED) is 0.768. The highest BCUT2D eigenvalue weighted by molar-refractivity contribution is 5.75. The number of hydrogen-bond donors (Lipinski definition) is 1. The number of esters is 1.